The zero-order valence-corrected chi connectivity index (χ0v) is 13.2. The molecule has 18 heavy (non-hydrogen) atoms. The number of hydrogen-bond donors (Lipinski definition) is 0. The molecule has 0 amide bonds. The van der Waals surface area contributed by atoms with Gasteiger partial charge < -0.3 is 12.4 Å². The minimum Gasteiger partial charge on any atom is -1.00 e. The molecule has 0 atom stereocenters. The largest absolute Gasteiger partial charge is 2.00 e. The maximum atomic E-state index is 3.38. The van der Waals surface area contributed by atoms with Crippen molar-refractivity contribution in [2.45, 2.75) is 12.8 Å². The second-order valence-corrected chi connectivity index (χ2v) is 4.11. The summed E-state index contributed by atoms with van der Waals surface area (Å²) in [5.74, 6) is 0. The van der Waals surface area contributed by atoms with Crippen LogP contribution < -0.4 is 12.4 Å². The Bertz CT molecular complexity index is 487. The van der Waals surface area contributed by atoms with E-state index in [9.17, 15) is 0 Å². The van der Waals surface area contributed by atoms with Crippen molar-refractivity contribution in [3.63, 3.8) is 0 Å². The molecule has 0 aromatic heterocycles. The second kappa shape index (κ2) is 7.07. The average molecular weight is 332 g/mol. The molecule has 0 bridgehead atoms. The second-order valence-electron chi connectivity index (χ2n) is 4.11. The number of hydrogen-bond acceptors (Lipinski definition) is 0. The summed E-state index contributed by atoms with van der Waals surface area (Å²) in [5, 5.41) is 0. The topological polar surface area (TPSA) is 0 Å². The van der Waals surface area contributed by atoms with Crippen LogP contribution in [0.15, 0.2) is 54.7 Å². The van der Waals surface area contributed by atoms with Crippen LogP contribution in [-0.4, -0.2) is 0 Å². The quantitative estimate of drug-likeness (QED) is 0.714. The third-order valence-corrected chi connectivity index (χ3v) is 3.07. The van der Waals surface area contributed by atoms with E-state index in [1.54, 1.807) is 0 Å². The normalized spacial score (nSPS) is 15.8. The van der Waals surface area contributed by atoms with Gasteiger partial charge >= 0.3 is 26.2 Å². The first-order chi connectivity index (χ1) is 7.95. The van der Waals surface area contributed by atoms with Crippen molar-refractivity contribution < 1.29 is 38.6 Å². The molecule has 0 aliphatic heterocycles. The zero-order chi connectivity index (χ0) is 10.8. The molecule has 0 N–H and O–H groups in total. The molecule has 0 spiro atoms. The van der Waals surface area contributed by atoms with Crippen LogP contribution in [0.25, 0.3) is 11.1 Å². The number of rotatable bonds is 2. The number of halogens is 1. The molecule has 0 fully saturated rings. The Morgan fingerprint density at radius 2 is 1.61 bits per heavy atom. The smallest absolute Gasteiger partial charge is 1.00 e. The zero-order valence-electron chi connectivity index (χ0n) is 9.99. The van der Waals surface area contributed by atoms with E-state index in [0.717, 1.165) is 12.8 Å². The fraction of sp³-hybridized carbons (Fsp3) is 0.125. The Labute approximate surface area is 134 Å². The van der Waals surface area contributed by atoms with E-state index >= 15 is 0 Å². The summed E-state index contributed by atoms with van der Waals surface area (Å²) in [6.45, 7) is 0. The number of allylic oxidation sites excluding steroid dienone is 8. The molecule has 3 rings (SSSR count). The van der Waals surface area contributed by atoms with Crippen molar-refractivity contribution in [3.8, 4) is 0 Å². The molecule has 0 nitrogen and oxygen atoms in total. The Hall–Kier alpha value is -0.647. The summed E-state index contributed by atoms with van der Waals surface area (Å²) in [5.41, 5.74) is 5.38. The molecule has 0 radical (unpaired) electrons. The maximum absolute atomic E-state index is 3.38. The van der Waals surface area contributed by atoms with Gasteiger partial charge in [-0.3, -0.25) is 0 Å². The first kappa shape index (κ1) is 15.4. The summed E-state index contributed by atoms with van der Waals surface area (Å²) in [4.78, 5) is 0. The van der Waals surface area contributed by atoms with Gasteiger partial charge in [-0.25, -0.2) is 0 Å². The van der Waals surface area contributed by atoms with Gasteiger partial charge in [0, 0.05) is 0 Å². The molecule has 2 heteroatoms. The van der Waals surface area contributed by atoms with E-state index in [1.165, 1.54) is 22.3 Å². The van der Waals surface area contributed by atoms with Crippen LogP contribution in [0.2, 0.25) is 0 Å². The van der Waals surface area contributed by atoms with Crippen molar-refractivity contribution >= 4 is 11.1 Å². The Morgan fingerprint density at radius 3 is 2.22 bits per heavy atom. The van der Waals surface area contributed by atoms with Gasteiger partial charge in [0.15, 0.2) is 0 Å². The van der Waals surface area contributed by atoms with Crippen LogP contribution in [0.5, 0.6) is 0 Å². The fourth-order valence-electron chi connectivity index (χ4n) is 2.25. The predicted molar refractivity (Wildman–Crippen MR) is 68.7 cm³/mol. The molecular formula is C16H13ClZr. The Kier molecular flexibility index (Phi) is 6.05. The monoisotopic (exact) mass is 330 g/mol. The molecule has 0 heterocycles. The van der Waals surface area contributed by atoms with E-state index in [2.05, 4.69) is 54.7 Å². The predicted octanol–water partition coefficient (Wildman–Crippen LogP) is 1.17. The average Bonchev–Trinajstić information content (AvgIpc) is 3.03. The van der Waals surface area contributed by atoms with E-state index in [1.807, 2.05) is 6.07 Å². The van der Waals surface area contributed by atoms with Crippen molar-refractivity contribution in [1.29, 1.82) is 0 Å². The Morgan fingerprint density at radius 1 is 0.944 bits per heavy atom. The SMILES string of the molecule is [Cl-].[Zr+2].[c-]1cccc(C2=CC=CC2)c1C1=CC=CC1. The van der Waals surface area contributed by atoms with Gasteiger partial charge in [0.25, 0.3) is 0 Å². The van der Waals surface area contributed by atoms with E-state index in [4.69, 9.17) is 0 Å². The molecule has 1 aromatic carbocycles. The van der Waals surface area contributed by atoms with Crippen LogP contribution in [0, 0.1) is 6.07 Å². The number of benzene rings is 1. The van der Waals surface area contributed by atoms with Gasteiger partial charge in [0.1, 0.15) is 0 Å². The van der Waals surface area contributed by atoms with Crippen molar-refractivity contribution in [1.82, 2.24) is 0 Å². The summed E-state index contributed by atoms with van der Waals surface area (Å²) >= 11 is 0. The van der Waals surface area contributed by atoms with Gasteiger partial charge in [0.05, 0.1) is 0 Å². The summed E-state index contributed by atoms with van der Waals surface area (Å²) in [7, 11) is 0. The molecule has 1 aromatic rings. The molecule has 0 saturated heterocycles. The standard InChI is InChI=1S/C16H13.ClH.Zr/c1-2-8-13(7-1)15-11-5-6-12-16(15)14-9-3-4-10-14;;/h1-7,9,11H,8,10H2;1H;/q-1;;+2/p-1. The van der Waals surface area contributed by atoms with Gasteiger partial charge in [0.2, 0.25) is 0 Å². The molecular weight excluding hydrogens is 319 g/mol. The molecule has 0 unspecified atom stereocenters. The van der Waals surface area contributed by atoms with Crippen LogP contribution in [-0.2, 0) is 26.2 Å². The molecule has 0 saturated carbocycles. The molecule has 2 aliphatic carbocycles. The minimum absolute atomic E-state index is 0. The first-order valence-corrected chi connectivity index (χ1v) is 5.68. The summed E-state index contributed by atoms with van der Waals surface area (Å²) in [6, 6.07) is 9.65. The summed E-state index contributed by atoms with van der Waals surface area (Å²) < 4.78 is 0. The van der Waals surface area contributed by atoms with Crippen LogP contribution >= 0.6 is 0 Å². The summed E-state index contributed by atoms with van der Waals surface area (Å²) in [6.07, 6.45) is 15.1. The third kappa shape index (κ3) is 3.02. The van der Waals surface area contributed by atoms with Gasteiger partial charge in [-0.2, -0.15) is 0 Å². The van der Waals surface area contributed by atoms with Gasteiger partial charge in [-0.15, -0.1) is 47.0 Å². The van der Waals surface area contributed by atoms with E-state index in [-0.39, 0.29) is 38.6 Å². The Balaban J connectivity index is 0.000000810. The van der Waals surface area contributed by atoms with Crippen molar-refractivity contribution in [2.24, 2.45) is 0 Å². The van der Waals surface area contributed by atoms with Crippen LogP contribution in [0.3, 0.4) is 0 Å². The maximum Gasteiger partial charge on any atom is 2.00 e. The van der Waals surface area contributed by atoms with Crippen molar-refractivity contribution in [3.05, 3.63) is 71.8 Å². The fourth-order valence-corrected chi connectivity index (χ4v) is 2.25. The van der Waals surface area contributed by atoms with E-state index < -0.39 is 0 Å². The third-order valence-electron chi connectivity index (χ3n) is 3.07. The van der Waals surface area contributed by atoms with Crippen LogP contribution in [0.1, 0.15) is 24.0 Å². The first-order valence-electron chi connectivity index (χ1n) is 5.68. The van der Waals surface area contributed by atoms with Crippen LogP contribution in [0.4, 0.5) is 0 Å². The molecule has 88 valence electrons. The van der Waals surface area contributed by atoms with Crippen molar-refractivity contribution in [2.75, 3.05) is 0 Å². The van der Waals surface area contributed by atoms with E-state index in [0.29, 0.717) is 0 Å². The minimum atomic E-state index is 0. The molecule has 2 aliphatic rings. The van der Waals surface area contributed by atoms with Gasteiger partial charge in [-0.05, 0) is 12.8 Å². The van der Waals surface area contributed by atoms with Gasteiger partial charge in [-0.1, -0.05) is 36.0 Å².